The molecule has 7 heteroatoms. The molecule has 3 nitrogen and oxygen atoms in total. The van der Waals surface area contributed by atoms with Crippen molar-refractivity contribution in [2.75, 3.05) is 0 Å². The fourth-order valence-corrected chi connectivity index (χ4v) is 2.16. The Morgan fingerprint density at radius 1 is 1.11 bits per heavy atom. The predicted octanol–water partition coefficient (Wildman–Crippen LogP) is 5.30. The van der Waals surface area contributed by atoms with E-state index < -0.39 is 0 Å². The summed E-state index contributed by atoms with van der Waals surface area (Å²) >= 11 is 21.2. The Kier molecular flexibility index (Phi) is 4.33. The Hall–Kier alpha value is -0.550. The lowest BCUT2D eigenvalue weighted by Crippen LogP contribution is -1.94. The van der Waals surface area contributed by atoms with E-state index in [1.807, 2.05) is 0 Å². The molecule has 18 heavy (non-hydrogen) atoms. The van der Waals surface area contributed by atoms with E-state index in [0.29, 0.717) is 36.9 Å². The normalized spacial score (nSPS) is 10.5. The number of ether oxygens (including phenoxy) is 1. The van der Waals surface area contributed by atoms with Gasteiger partial charge in [-0.05, 0) is 28.9 Å². The highest BCUT2D eigenvalue weighted by Gasteiger charge is 2.12. The van der Waals surface area contributed by atoms with Crippen molar-refractivity contribution >= 4 is 50.7 Å². The summed E-state index contributed by atoms with van der Waals surface area (Å²) in [6.07, 6.45) is 1.32. The summed E-state index contributed by atoms with van der Waals surface area (Å²) in [5, 5.41) is 1.24. The summed E-state index contributed by atoms with van der Waals surface area (Å²) in [4.78, 5) is 7.84. The van der Waals surface area contributed by atoms with Gasteiger partial charge in [-0.15, -0.1) is 0 Å². The smallest absolute Gasteiger partial charge is 0.226 e. The van der Waals surface area contributed by atoms with Crippen molar-refractivity contribution in [1.29, 1.82) is 0 Å². The Morgan fingerprint density at radius 2 is 1.83 bits per heavy atom. The summed E-state index contributed by atoms with van der Waals surface area (Å²) in [5.41, 5.74) is 0.634. The van der Waals surface area contributed by atoms with E-state index in [0.717, 1.165) is 0 Å². The van der Waals surface area contributed by atoms with Gasteiger partial charge in [-0.3, -0.25) is 0 Å². The molecule has 0 aliphatic carbocycles. The molecule has 0 aliphatic heterocycles. The molecule has 0 radical (unpaired) electrons. The molecule has 1 aromatic carbocycles. The van der Waals surface area contributed by atoms with E-state index in [1.54, 1.807) is 19.1 Å². The summed E-state index contributed by atoms with van der Waals surface area (Å²) < 4.78 is 6.28. The molecule has 0 saturated heterocycles. The molecule has 0 unspecified atom stereocenters. The maximum absolute atomic E-state index is 6.05. The second-order valence-corrected chi connectivity index (χ2v) is 5.42. The predicted molar refractivity (Wildman–Crippen MR) is 76.0 cm³/mol. The molecule has 0 N–H and O–H groups in total. The molecule has 0 bridgehead atoms. The summed E-state index contributed by atoms with van der Waals surface area (Å²) in [6.45, 7) is 1.76. The highest BCUT2D eigenvalue weighted by molar-refractivity contribution is 9.10. The minimum absolute atomic E-state index is 0.333. The van der Waals surface area contributed by atoms with Crippen LogP contribution in [0, 0.1) is 6.92 Å². The standard InChI is InChI=1S/C11H6BrCl3N2O/c1-5-10(15)16-4-17-11(5)18-9-3-7(13)6(12)2-8(9)14/h2-4H,1H3. The third kappa shape index (κ3) is 2.88. The van der Waals surface area contributed by atoms with Gasteiger partial charge in [0.2, 0.25) is 5.88 Å². The largest absolute Gasteiger partial charge is 0.437 e. The van der Waals surface area contributed by atoms with Crippen LogP contribution in [0.2, 0.25) is 15.2 Å². The molecule has 2 aromatic rings. The zero-order valence-corrected chi connectivity index (χ0v) is 12.9. The molecule has 94 valence electrons. The van der Waals surface area contributed by atoms with Crippen LogP contribution >= 0.6 is 50.7 Å². The Labute approximate surface area is 127 Å². The van der Waals surface area contributed by atoms with Gasteiger partial charge >= 0.3 is 0 Å². The number of aromatic nitrogens is 2. The van der Waals surface area contributed by atoms with Gasteiger partial charge in [0, 0.05) is 16.1 Å². The lowest BCUT2D eigenvalue weighted by molar-refractivity contribution is 0.457. The summed E-state index contributed by atoms with van der Waals surface area (Å²) in [7, 11) is 0. The number of halogens is 4. The van der Waals surface area contributed by atoms with Crippen LogP contribution in [0.1, 0.15) is 5.56 Å². The Bertz CT molecular complexity index is 607. The number of hydrogen-bond acceptors (Lipinski definition) is 3. The van der Waals surface area contributed by atoms with Gasteiger partial charge in [0.1, 0.15) is 17.2 Å². The lowest BCUT2D eigenvalue weighted by atomic mass is 10.3. The molecule has 0 amide bonds. The van der Waals surface area contributed by atoms with Crippen LogP contribution in [0.15, 0.2) is 22.9 Å². The number of nitrogens with zero attached hydrogens (tertiary/aromatic N) is 2. The zero-order valence-electron chi connectivity index (χ0n) is 9.05. The van der Waals surface area contributed by atoms with Crippen molar-refractivity contribution < 1.29 is 4.74 Å². The van der Waals surface area contributed by atoms with Crippen LogP contribution in [0.4, 0.5) is 0 Å². The van der Waals surface area contributed by atoms with E-state index in [4.69, 9.17) is 39.5 Å². The fourth-order valence-electron chi connectivity index (χ4n) is 1.20. The first-order chi connectivity index (χ1) is 8.49. The minimum Gasteiger partial charge on any atom is -0.437 e. The number of hydrogen-bond donors (Lipinski definition) is 0. The molecule has 1 aromatic heterocycles. The average molecular weight is 368 g/mol. The van der Waals surface area contributed by atoms with Crippen LogP contribution in [-0.4, -0.2) is 9.97 Å². The molecule has 0 aliphatic rings. The van der Waals surface area contributed by atoms with E-state index in [2.05, 4.69) is 25.9 Å². The molecular formula is C11H6BrCl3N2O. The Balaban J connectivity index is 2.40. The van der Waals surface area contributed by atoms with Crippen molar-refractivity contribution in [2.24, 2.45) is 0 Å². The van der Waals surface area contributed by atoms with Gasteiger partial charge in [-0.2, -0.15) is 0 Å². The second-order valence-electron chi connectivity index (χ2n) is 3.39. The maximum atomic E-state index is 6.05. The third-order valence-corrected chi connectivity index (χ3v) is 4.03. The molecule has 0 fully saturated rings. The molecule has 2 rings (SSSR count). The Morgan fingerprint density at radius 3 is 2.56 bits per heavy atom. The lowest BCUT2D eigenvalue weighted by Gasteiger charge is -2.10. The molecular weight excluding hydrogens is 362 g/mol. The molecule has 0 spiro atoms. The first-order valence-corrected chi connectivity index (χ1v) is 6.71. The maximum Gasteiger partial charge on any atom is 0.226 e. The molecule has 0 atom stereocenters. The topological polar surface area (TPSA) is 35.0 Å². The first-order valence-electron chi connectivity index (χ1n) is 4.78. The van der Waals surface area contributed by atoms with Gasteiger partial charge < -0.3 is 4.74 Å². The van der Waals surface area contributed by atoms with E-state index in [9.17, 15) is 0 Å². The minimum atomic E-state index is 0.333. The van der Waals surface area contributed by atoms with Crippen LogP contribution in [0.5, 0.6) is 11.6 Å². The summed E-state index contributed by atoms with van der Waals surface area (Å²) in [5.74, 6) is 0.748. The van der Waals surface area contributed by atoms with Crippen LogP contribution < -0.4 is 4.74 Å². The molecule has 0 saturated carbocycles. The van der Waals surface area contributed by atoms with E-state index in [-0.39, 0.29) is 0 Å². The van der Waals surface area contributed by atoms with Crippen LogP contribution in [0.25, 0.3) is 0 Å². The van der Waals surface area contributed by atoms with Gasteiger partial charge in [0.25, 0.3) is 0 Å². The molecule has 1 heterocycles. The van der Waals surface area contributed by atoms with E-state index >= 15 is 0 Å². The fraction of sp³-hybridized carbons (Fsp3) is 0.0909. The van der Waals surface area contributed by atoms with Gasteiger partial charge in [0.05, 0.1) is 10.0 Å². The van der Waals surface area contributed by atoms with Gasteiger partial charge in [-0.1, -0.05) is 34.8 Å². The zero-order chi connectivity index (χ0) is 13.3. The third-order valence-electron chi connectivity index (χ3n) is 2.16. The first kappa shape index (κ1) is 13.9. The second kappa shape index (κ2) is 5.61. The van der Waals surface area contributed by atoms with Crippen molar-refractivity contribution in [1.82, 2.24) is 9.97 Å². The summed E-state index contributed by atoms with van der Waals surface area (Å²) in [6, 6.07) is 3.25. The van der Waals surface area contributed by atoms with Crippen molar-refractivity contribution in [3.05, 3.63) is 43.7 Å². The quantitative estimate of drug-likeness (QED) is 0.533. The monoisotopic (exact) mass is 366 g/mol. The van der Waals surface area contributed by atoms with Gasteiger partial charge in [-0.25, -0.2) is 9.97 Å². The van der Waals surface area contributed by atoms with Crippen LogP contribution in [0.3, 0.4) is 0 Å². The van der Waals surface area contributed by atoms with Crippen molar-refractivity contribution in [2.45, 2.75) is 6.92 Å². The number of benzene rings is 1. The highest BCUT2D eigenvalue weighted by Crippen LogP contribution is 2.37. The SMILES string of the molecule is Cc1c(Cl)ncnc1Oc1cc(Cl)c(Br)cc1Cl. The highest BCUT2D eigenvalue weighted by atomic mass is 79.9. The van der Waals surface area contributed by atoms with Crippen molar-refractivity contribution in [3.8, 4) is 11.6 Å². The van der Waals surface area contributed by atoms with E-state index in [1.165, 1.54) is 6.33 Å². The van der Waals surface area contributed by atoms with Crippen LogP contribution in [-0.2, 0) is 0 Å². The van der Waals surface area contributed by atoms with Crippen molar-refractivity contribution in [3.63, 3.8) is 0 Å². The average Bonchev–Trinajstić information content (AvgIpc) is 2.32. The van der Waals surface area contributed by atoms with Gasteiger partial charge in [0.15, 0.2) is 0 Å². The number of rotatable bonds is 2.